The summed E-state index contributed by atoms with van der Waals surface area (Å²) in [5.41, 5.74) is 1.06. The summed E-state index contributed by atoms with van der Waals surface area (Å²) in [5, 5.41) is 13.2. The molecule has 3 rings (SSSR count). The molecule has 0 unspecified atom stereocenters. The van der Waals surface area contributed by atoms with Gasteiger partial charge < -0.3 is 10.6 Å². The van der Waals surface area contributed by atoms with Crippen molar-refractivity contribution in [3.05, 3.63) is 76.9 Å². The molecule has 0 aliphatic heterocycles. The van der Waals surface area contributed by atoms with E-state index < -0.39 is 17.5 Å². The van der Waals surface area contributed by atoms with Crippen molar-refractivity contribution in [2.75, 3.05) is 10.6 Å². The zero-order valence-electron chi connectivity index (χ0n) is 12.6. The fourth-order valence-corrected chi connectivity index (χ4v) is 2.15. The zero-order valence-corrected chi connectivity index (χ0v) is 13.4. The molecule has 0 bridgehead atoms. The summed E-state index contributed by atoms with van der Waals surface area (Å²) in [6, 6.07) is 12.5. The first-order chi connectivity index (χ1) is 12.0. The third kappa shape index (κ3) is 4.27. The van der Waals surface area contributed by atoms with Crippen LogP contribution >= 0.6 is 11.6 Å². The van der Waals surface area contributed by atoms with Crippen molar-refractivity contribution < 1.29 is 13.6 Å². The van der Waals surface area contributed by atoms with Gasteiger partial charge in [0.1, 0.15) is 11.6 Å². The van der Waals surface area contributed by atoms with Crippen LogP contribution in [0.4, 0.5) is 26.0 Å². The number of carbonyl (C=O) groups excluding carboxylic acids is 1. The van der Waals surface area contributed by atoms with Crippen LogP contribution in [0.5, 0.6) is 0 Å². The van der Waals surface area contributed by atoms with Crippen LogP contribution in [0.15, 0.2) is 54.6 Å². The molecule has 0 spiro atoms. The number of hydrogen-bond acceptors (Lipinski definition) is 4. The van der Waals surface area contributed by atoms with Crippen molar-refractivity contribution in [3.63, 3.8) is 0 Å². The second-order valence-electron chi connectivity index (χ2n) is 5.02. The molecule has 1 aromatic heterocycles. The summed E-state index contributed by atoms with van der Waals surface area (Å²) in [4.78, 5) is 12.1. The number of halogens is 3. The van der Waals surface area contributed by atoms with E-state index in [1.807, 2.05) is 0 Å². The topological polar surface area (TPSA) is 66.9 Å². The molecular formula is C17H11ClF2N4O. The molecule has 5 nitrogen and oxygen atoms in total. The first-order valence-electron chi connectivity index (χ1n) is 7.14. The molecular weight excluding hydrogens is 350 g/mol. The second-order valence-corrected chi connectivity index (χ2v) is 5.43. The molecule has 2 aromatic carbocycles. The Morgan fingerprint density at radius 2 is 1.64 bits per heavy atom. The minimum absolute atomic E-state index is 0.0201. The Morgan fingerprint density at radius 3 is 2.28 bits per heavy atom. The molecule has 3 aromatic rings. The maximum atomic E-state index is 13.1. The normalized spacial score (nSPS) is 10.4. The van der Waals surface area contributed by atoms with Gasteiger partial charge in [-0.25, -0.2) is 8.78 Å². The number of carbonyl (C=O) groups is 1. The van der Waals surface area contributed by atoms with Gasteiger partial charge in [-0.1, -0.05) is 11.6 Å². The maximum absolute atomic E-state index is 13.1. The third-order valence-corrected chi connectivity index (χ3v) is 3.48. The number of rotatable bonds is 4. The summed E-state index contributed by atoms with van der Waals surface area (Å²) < 4.78 is 26.0. The fourth-order valence-electron chi connectivity index (χ4n) is 1.97. The van der Waals surface area contributed by atoms with Gasteiger partial charge in [0.25, 0.3) is 5.91 Å². The minimum Gasteiger partial charge on any atom is -0.339 e. The first kappa shape index (κ1) is 16.8. The molecule has 0 radical (unpaired) electrons. The Morgan fingerprint density at radius 1 is 0.920 bits per heavy atom. The Balaban J connectivity index is 1.67. The lowest BCUT2D eigenvalue weighted by molar-refractivity contribution is 0.102. The summed E-state index contributed by atoms with van der Waals surface area (Å²) in [5.74, 6) is -1.03. The largest absolute Gasteiger partial charge is 0.339 e. The van der Waals surface area contributed by atoms with E-state index in [2.05, 4.69) is 20.8 Å². The van der Waals surface area contributed by atoms with Gasteiger partial charge in [-0.3, -0.25) is 4.79 Å². The van der Waals surface area contributed by atoms with Crippen molar-refractivity contribution in [2.45, 2.75) is 0 Å². The average molecular weight is 361 g/mol. The van der Waals surface area contributed by atoms with Gasteiger partial charge in [0.15, 0.2) is 11.5 Å². The van der Waals surface area contributed by atoms with E-state index in [4.69, 9.17) is 11.6 Å². The molecule has 2 N–H and O–H groups in total. The highest BCUT2D eigenvalue weighted by Crippen LogP contribution is 2.21. The quantitative estimate of drug-likeness (QED) is 0.723. The SMILES string of the molecule is O=C(Nc1ccc(F)cc1)c1ccc(Nc2ccc(F)c(Cl)c2)nn1. The molecule has 0 atom stereocenters. The smallest absolute Gasteiger partial charge is 0.276 e. The number of benzene rings is 2. The molecule has 1 heterocycles. The number of amides is 1. The molecule has 0 saturated carbocycles. The molecule has 126 valence electrons. The lowest BCUT2D eigenvalue weighted by atomic mass is 10.3. The summed E-state index contributed by atoms with van der Waals surface area (Å²) >= 11 is 5.71. The van der Waals surface area contributed by atoms with E-state index in [1.54, 1.807) is 6.07 Å². The van der Waals surface area contributed by atoms with Gasteiger partial charge in [-0.2, -0.15) is 0 Å². The van der Waals surface area contributed by atoms with E-state index in [0.29, 0.717) is 17.2 Å². The maximum Gasteiger partial charge on any atom is 0.276 e. The molecule has 0 aliphatic rings. The minimum atomic E-state index is -0.522. The summed E-state index contributed by atoms with van der Waals surface area (Å²) in [7, 11) is 0. The van der Waals surface area contributed by atoms with Crippen LogP contribution in [0.2, 0.25) is 5.02 Å². The van der Waals surface area contributed by atoms with E-state index in [-0.39, 0.29) is 10.7 Å². The van der Waals surface area contributed by atoms with Gasteiger partial charge in [0.2, 0.25) is 0 Å². The highest BCUT2D eigenvalue weighted by atomic mass is 35.5. The molecule has 0 saturated heterocycles. The van der Waals surface area contributed by atoms with Crippen LogP contribution in [0.3, 0.4) is 0 Å². The summed E-state index contributed by atoms with van der Waals surface area (Å²) in [6.07, 6.45) is 0. The van der Waals surface area contributed by atoms with Crippen molar-refractivity contribution in [1.29, 1.82) is 0 Å². The zero-order chi connectivity index (χ0) is 17.8. The molecule has 0 fully saturated rings. The van der Waals surface area contributed by atoms with Crippen LogP contribution in [0, 0.1) is 11.6 Å². The molecule has 25 heavy (non-hydrogen) atoms. The third-order valence-electron chi connectivity index (χ3n) is 3.19. The van der Waals surface area contributed by atoms with E-state index in [1.165, 1.54) is 48.5 Å². The van der Waals surface area contributed by atoms with Crippen LogP contribution in [0.25, 0.3) is 0 Å². The molecule has 8 heteroatoms. The number of anilines is 3. The first-order valence-corrected chi connectivity index (χ1v) is 7.52. The number of hydrogen-bond donors (Lipinski definition) is 2. The lowest BCUT2D eigenvalue weighted by Gasteiger charge is -2.07. The number of nitrogens with zero attached hydrogens (tertiary/aromatic N) is 2. The van der Waals surface area contributed by atoms with Gasteiger partial charge in [-0.15, -0.1) is 10.2 Å². The van der Waals surface area contributed by atoms with Crippen molar-refractivity contribution in [1.82, 2.24) is 10.2 Å². The summed E-state index contributed by atoms with van der Waals surface area (Å²) in [6.45, 7) is 0. The van der Waals surface area contributed by atoms with Crippen LogP contribution in [0.1, 0.15) is 10.5 Å². The molecule has 1 amide bonds. The van der Waals surface area contributed by atoms with Crippen LogP contribution in [-0.2, 0) is 0 Å². The van der Waals surface area contributed by atoms with Crippen LogP contribution in [-0.4, -0.2) is 16.1 Å². The Hall–Kier alpha value is -3.06. The van der Waals surface area contributed by atoms with Gasteiger partial charge >= 0.3 is 0 Å². The second kappa shape index (κ2) is 7.23. The predicted octanol–water partition coefficient (Wildman–Crippen LogP) is 4.40. The Labute approximate surface area is 146 Å². The van der Waals surface area contributed by atoms with E-state index in [0.717, 1.165) is 0 Å². The predicted molar refractivity (Wildman–Crippen MR) is 91.1 cm³/mol. The highest BCUT2D eigenvalue weighted by Gasteiger charge is 2.09. The van der Waals surface area contributed by atoms with Gasteiger partial charge in [0.05, 0.1) is 5.02 Å². The van der Waals surface area contributed by atoms with Crippen LogP contribution < -0.4 is 10.6 Å². The van der Waals surface area contributed by atoms with Gasteiger partial charge in [-0.05, 0) is 54.6 Å². The standard InChI is InChI=1S/C17H11ClF2N4O/c18-13-9-12(5-6-14(13)20)21-16-8-7-15(23-24-16)17(25)22-11-3-1-10(19)2-4-11/h1-9H,(H,21,24)(H,22,25). The monoisotopic (exact) mass is 360 g/mol. The Kier molecular flexibility index (Phi) is 4.85. The van der Waals surface area contributed by atoms with Gasteiger partial charge in [0, 0.05) is 11.4 Å². The van der Waals surface area contributed by atoms with Crippen molar-refractivity contribution >= 4 is 34.7 Å². The fraction of sp³-hybridized carbons (Fsp3) is 0. The van der Waals surface area contributed by atoms with E-state index in [9.17, 15) is 13.6 Å². The number of aromatic nitrogens is 2. The highest BCUT2D eigenvalue weighted by molar-refractivity contribution is 6.31. The van der Waals surface area contributed by atoms with Crippen molar-refractivity contribution in [2.24, 2.45) is 0 Å². The average Bonchev–Trinajstić information content (AvgIpc) is 2.61. The van der Waals surface area contributed by atoms with E-state index >= 15 is 0 Å². The molecule has 0 aliphatic carbocycles. The lowest BCUT2D eigenvalue weighted by Crippen LogP contribution is -2.14. The Bertz CT molecular complexity index is 902. The number of nitrogens with one attached hydrogen (secondary N) is 2. The van der Waals surface area contributed by atoms with Crippen molar-refractivity contribution in [3.8, 4) is 0 Å².